The van der Waals surface area contributed by atoms with Gasteiger partial charge in [-0.2, -0.15) is 4.39 Å². The zero-order valence-electron chi connectivity index (χ0n) is 13.7. The Hall–Kier alpha value is -2.90. The molecule has 0 saturated carbocycles. The number of hydrogen-bond acceptors (Lipinski definition) is 4. The van der Waals surface area contributed by atoms with Gasteiger partial charge in [0, 0.05) is 0 Å². The van der Waals surface area contributed by atoms with E-state index in [1.807, 2.05) is 0 Å². The number of rotatable bonds is 7. The molecular weight excluding hydrogens is 356 g/mol. The molecule has 2 aromatic carbocycles. The Labute approximate surface area is 146 Å². The number of esters is 1. The van der Waals surface area contributed by atoms with Crippen LogP contribution >= 0.6 is 0 Å². The summed E-state index contributed by atoms with van der Waals surface area (Å²) < 4.78 is 64.8. The minimum atomic E-state index is -2.17. The second kappa shape index (κ2) is 8.46. The first-order valence-corrected chi connectivity index (χ1v) is 7.58. The maximum absolute atomic E-state index is 14.1. The molecule has 0 radical (unpaired) electrons. The summed E-state index contributed by atoms with van der Waals surface area (Å²) in [5.41, 5.74) is -0.661. The predicted octanol–water partition coefficient (Wildman–Crippen LogP) is 3.96. The number of ketones is 1. The Morgan fingerprint density at radius 3 is 2.15 bits per heavy atom. The zero-order chi connectivity index (χ0) is 19.3. The van der Waals surface area contributed by atoms with E-state index in [2.05, 4.69) is 4.74 Å². The van der Waals surface area contributed by atoms with Crippen molar-refractivity contribution in [2.75, 3.05) is 6.61 Å². The molecule has 0 aliphatic rings. The highest BCUT2D eigenvalue weighted by Crippen LogP contribution is 2.32. The molecule has 0 bridgehead atoms. The van der Waals surface area contributed by atoms with Crippen LogP contribution < -0.4 is 4.74 Å². The number of benzene rings is 2. The van der Waals surface area contributed by atoms with Crippen molar-refractivity contribution in [3.63, 3.8) is 0 Å². The van der Waals surface area contributed by atoms with Crippen LogP contribution in [0.2, 0.25) is 0 Å². The summed E-state index contributed by atoms with van der Waals surface area (Å²) >= 11 is 0. The lowest BCUT2D eigenvalue weighted by Gasteiger charge is -2.14. The molecule has 2 rings (SSSR count). The molecule has 0 aliphatic heterocycles. The van der Waals surface area contributed by atoms with E-state index in [0.717, 1.165) is 0 Å². The summed E-state index contributed by atoms with van der Waals surface area (Å²) in [6.45, 7) is 1.11. The molecule has 8 heteroatoms. The Morgan fingerprint density at radius 1 is 0.923 bits per heavy atom. The molecule has 0 atom stereocenters. The quantitative estimate of drug-likeness (QED) is 0.185. The lowest BCUT2D eigenvalue weighted by Crippen LogP contribution is -2.17. The van der Waals surface area contributed by atoms with Crippen LogP contribution in [0.4, 0.5) is 17.6 Å². The van der Waals surface area contributed by atoms with Crippen LogP contribution in [0.3, 0.4) is 0 Å². The molecule has 4 nitrogen and oxygen atoms in total. The first-order chi connectivity index (χ1) is 12.4. The highest BCUT2D eigenvalue weighted by Gasteiger charge is 2.31. The van der Waals surface area contributed by atoms with Gasteiger partial charge in [0.1, 0.15) is 18.6 Å². The molecule has 26 heavy (non-hydrogen) atoms. The normalized spacial score (nSPS) is 10.5. The van der Waals surface area contributed by atoms with Crippen LogP contribution in [-0.4, -0.2) is 18.4 Å². The summed E-state index contributed by atoms with van der Waals surface area (Å²) in [5.74, 6) is -11.5. The van der Waals surface area contributed by atoms with E-state index >= 15 is 0 Å². The number of carbonyl (C=O) groups is 2. The minimum absolute atomic E-state index is 0.0436. The number of carbonyl (C=O) groups excluding carboxylic acids is 2. The van der Waals surface area contributed by atoms with E-state index in [1.54, 1.807) is 30.3 Å². The first kappa shape index (κ1) is 19.4. The van der Waals surface area contributed by atoms with Crippen LogP contribution in [0.5, 0.6) is 5.75 Å². The maximum Gasteiger partial charge on any atom is 0.313 e. The van der Waals surface area contributed by atoms with Crippen molar-refractivity contribution < 1.29 is 36.6 Å². The Bertz CT molecular complexity index is 822. The lowest BCUT2D eigenvalue weighted by atomic mass is 10.0. The Balaban J connectivity index is 2.41. The minimum Gasteiger partial charge on any atom is -0.485 e. The number of ether oxygens (including phenoxy) is 2. The van der Waals surface area contributed by atoms with E-state index in [9.17, 15) is 27.2 Å². The number of Topliss-reactive ketones (excluding diaryl/α,β-unsaturated/α-hetero) is 1. The smallest absolute Gasteiger partial charge is 0.313 e. The Morgan fingerprint density at radius 2 is 1.54 bits per heavy atom. The van der Waals surface area contributed by atoms with Gasteiger partial charge in [-0.15, -0.1) is 0 Å². The SMILES string of the molecule is CCOC(=O)CC(=O)c1c(F)c(F)c(F)c(F)c1OCc1ccccc1. The molecule has 0 spiro atoms. The maximum atomic E-state index is 14.1. The number of halogens is 4. The van der Waals surface area contributed by atoms with Gasteiger partial charge < -0.3 is 9.47 Å². The highest BCUT2D eigenvalue weighted by molar-refractivity contribution is 6.07. The fraction of sp³-hybridized carbons (Fsp3) is 0.222. The molecule has 0 amide bonds. The van der Waals surface area contributed by atoms with Crippen molar-refractivity contribution in [1.82, 2.24) is 0 Å². The van der Waals surface area contributed by atoms with E-state index in [-0.39, 0.29) is 13.2 Å². The highest BCUT2D eigenvalue weighted by atomic mass is 19.2. The monoisotopic (exact) mass is 370 g/mol. The topological polar surface area (TPSA) is 52.6 Å². The molecule has 0 heterocycles. The summed E-state index contributed by atoms with van der Waals surface area (Å²) in [5, 5.41) is 0. The van der Waals surface area contributed by atoms with Gasteiger partial charge in [0.25, 0.3) is 0 Å². The molecule has 0 N–H and O–H groups in total. The Kier molecular flexibility index (Phi) is 6.32. The van der Waals surface area contributed by atoms with Crippen LogP contribution in [-0.2, 0) is 16.1 Å². The molecule has 0 saturated heterocycles. The van der Waals surface area contributed by atoms with Crippen LogP contribution in [0.1, 0.15) is 29.3 Å². The van der Waals surface area contributed by atoms with E-state index in [1.165, 1.54) is 6.92 Å². The third kappa shape index (κ3) is 4.19. The van der Waals surface area contributed by atoms with Crippen molar-refractivity contribution in [2.45, 2.75) is 20.0 Å². The second-order valence-electron chi connectivity index (χ2n) is 5.14. The van der Waals surface area contributed by atoms with Gasteiger partial charge in [0.05, 0.1) is 6.61 Å². The summed E-state index contributed by atoms with van der Waals surface area (Å²) in [6.07, 6.45) is -0.975. The fourth-order valence-corrected chi connectivity index (χ4v) is 2.16. The standard InChI is InChI=1S/C18H14F4O4/c1-2-25-12(24)8-11(23)13-14(19)15(20)16(21)17(22)18(13)26-9-10-6-4-3-5-7-10/h3-7H,2,8-9H2,1H3. The van der Waals surface area contributed by atoms with Crippen molar-refractivity contribution >= 4 is 11.8 Å². The third-order valence-electron chi connectivity index (χ3n) is 3.34. The first-order valence-electron chi connectivity index (χ1n) is 7.58. The average molecular weight is 370 g/mol. The summed E-state index contributed by atoms with van der Waals surface area (Å²) in [6, 6.07) is 8.18. The van der Waals surface area contributed by atoms with Crippen molar-refractivity contribution in [1.29, 1.82) is 0 Å². The lowest BCUT2D eigenvalue weighted by molar-refractivity contribution is -0.141. The van der Waals surface area contributed by atoms with Crippen molar-refractivity contribution in [2.24, 2.45) is 0 Å². The predicted molar refractivity (Wildman–Crippen MR) is 82.6 cm³/mol. The van der Waals surface area contributed by atoms with Gasteiger partial charge in [-0.1, -0.05) is 30.3 Å². The van der Waals surface area contributed by atoms with Crippen LogP contribution in [0, 0.1) is 23.3 Å². The van der Waals surface area contributed by atoms with E-state index < -0.39 is 52.8 Å². The van der Waals surface area contributed by atoms with E-state index in [4.69, 9.17) is 4.74 Å². The summed E-state index contributed by atoms with van der Waals surface area (Å²) in [7, 11) is 0. The van der Waals surface area contributed by atoms with Crippen LogP contribution in [0.25, 0.3) is 0 Å². The van der Waals surface area contributed by atoms with Gasteiger partial charge in [0.2, 0.25) is 11.6 Å². The molecule has 0 fully saturated rings. The second-order valence-corrected chi connectivity index (χ2v) is 5.14. The molecule has 0 unspecified atom stereocenters. The molecular formula is C18H14F4O4. The van der Waals surface area contributed by atoms with Gasteiger partial charge in [0.15, 0.2) is 23.2 Å². The van der Waals surface area contributed by atoms with Crippen molar-refractivity contribution in [3.05, 3.63) is 64.7 Å². The molecule has 0 aromatic heterocycles. The van der Waals surface area contributed by atoms with Gasteiger partial charge in [-0.05, 0) is 12.5 Å². The molecule has 2 aromatic rings. The largest absolute Gasteiger partial charge is 0.485 e. The number of hydrogen-bond donors (Lipinski definition) is 0. The average Bonchev–Trinajstić information content (AvgIpc) is 2.62. The van der Waals surface area contributed by atoms with Gasteiger partial charge in [-0.3, -0.25) is 9.59 Å². The summed E-state index contributed by atoms with van der Waals surface area (Å²) in [4.78, 5) is 23.5. The zero-order valence-corrected chi connectivity index (χ0v) is 13.7. The van der Waals surface area contributed by atoms with Gasteiger partial charge in [-0.25, -0.2) is 13.2 Å². The molecule has 138 valence electrons. The fourth-order valence-electron chi connectivity index (χ4n) is 2.16. The molecule has 0 aliphatic carbocycles. The van der Waals surface area contributed by atoms with Crippen LogP contribution in [0.15, 0.2) is 30.3 Å². The van der Waals surface area contributed by atoms with Gasteiger partial charge >= 0.3 is 5.97 Å². The third-order valence-corrected chi connectivity index (χ3v) is 3.34. The van der Waals surface area contributed by atoms with E-state index in [0.29, 0.717) is 5.56 Å². The van der Waals surface area contributed by atoms with Crippen molar-refractivity contribution in [3.8, 4) is 5.75 Å².